The van der Waals surface area contributed by atoms with Gasteiger partial charge in [0, 0.05) is 31.1 Å². The summed E-state index contributed by atoms with van der Waals surface area (Å²) < 4.78 is 0. The van der Waals surface area contributed by atoms with E-state index in [2.05, 4.69) is 0 Å². The highest BCUT2D eigenvalue weighted by atomic mass is 35.5. The molecule has 1 fully saturated rings. The number of fused-ring (bicyclic) bond motifs is 1. The average Bonchev–Trinajstić information content (AvgIpc) is 2.77. The molecule has 3 amide bonds. The fourth-order valence-electron chi connectivity index (χ4n) is 2.97. The maximum Gasteiger partial charge on any atom is 0.261 e. The van der Waals surface area contributed by atoms with E-state index in [0.29, 0.717) is 16.1 Å². The van der Waals surface area contributed by atoms with Gasteiger partial charge < -0.3 is 4.90 Å². The summed E-state index contributed by atoms with van der Waals surface area (Å²) in [5.74, 6) is -0.702. The number of likely N-dealkylation sites (tertiary alicyclic amines) is 1. The number of carbonyl (C=O) groups is 3. The van der Waals surface area contributed by atoms with Gasteiger partial charge in [0.2, 0.25) is 5.91 Å². The Morgan fingerprint density at radius 2 is 1.73 bits per heavy atom. The maximum absolute atomic E-state index is 12.3. The van der Waals surface area contributed by atoms with Crippen LogP contribution in [0.15, 0.2) is 18.2 Å². The van der Waals surface area contributed by atoms with E-state index in [4.69, 9.17) is 11.6 Å². The van der Waals surface area contributed by atoms with Crippen LogP contribution in [0.25, 0.3) is 0 Å². The number of hydrogen-bond acceptors (Lipinski definition) is 3. The summed E-state index contributed by atoms with van der Waals surface area (Å²) >= 11 is 5.87. The number of amides is 3. The quantitative estimate of drug-likeness (QED) is 0.803. The highest BCUT2D eigenvalue weighted by Gasteiger charge is 2.35. The van der Waals surface area contributed by atoms with Crippen LogP contribution in [0.1, 0.15) is 46.4 Å². The fraction of sp³-hybridized carbons (Fsp3) is 0.438. The summed E-state index contributed by atoms with van der Waals surface area (Å²) in [4.78, 5) is 39.6. The highest BCUT2D eigenvalue weighted by Crippen LogP contribution is 2.26. The van der Waals surface area contributed by atoms with Crippen LogP contribution in [0.4, 0.5) is 0 Å². The molecular weight excluding hydrogens is 304 g/mol. The molecule has 0 atom stereocenters. The van der Waals surface area contributed by atoms with E-state index < -0.39 is 0 Å². The maximum atomic E-state index is 12.3. The topological polar surface area (TPSA) is 57.7 Å². The smallest absolute Gasteiger partial charge is 0.261 e. The first-order valence-corrected chi connectivity index (χ1v) is 7.89. The minimum absolute atomic E-state index is 0.00860. The predicted octanol–water partition coefficient (Wildman–Crippen LogP) is 2.34. The minimum atomic E-state index is -0.367. The number of nitrogens with zero attached hydrogens (tertiary/aromatic N) is 2. The minimum Gasteiger partial charge on any atom is -0.343 e. The van der Waals surface area contributed by atoms with Crippen molar-refractivity contribution in [1.82, 2.24) is 9.80 Å². The van der Waals surface area contributed by atoms with Crippen molar-refractivity contribution < 1.29 is 14.4 Å². The lowest BCUT2D eigenvalue weighted by Gasteiger charge is -2.27. The Hall–Kier alpha value is -1.88. The van der Waals surface area contributed by atoms with Crippen LogP contribution in [0.5, 0.6) is 0 Å². The van der Waals surface area contributed by atoms with Crippen LogP contribution < -0.4 is 0 Å². The Balaban J connectivity index is 1.65. The third-order valence-electron chi connectivity index (χ3n) is 4.19. The summed E-state index contributed by atoms with van der Waals surface area (Å²) in [6, 6.07) is 4.65. The third-order valence-corrected chi connectivity index (χ3v) is 4.43. The van der Waals surface area contributed by atoms with Crippen molar-refractivity contribution in [3.05, 3.63) is 34.3 Å². The van der Waals surface area contributed by atoms with Gasteiger partial charge in [-0.1, -0.05) is 11.6 Å². The van der Waals surface area contributed by atoms with Crippen molar-refractivity contribution in [2.45, 2.75) is 25.7 Å². The molecule has 0 unspecified atom stereocenters. The second kappa shape index (κ2) is 6.08. The number of rotatable bonds is 3. The largest absolute Gasteiger partial charge is 0.343 e. The van der Waals surface area contributed by atoms with Crippen LogP contribution in [-0.4, -0.2) is 47.2 Å². The molecule has 2 heterocycles. The molecule has 0 spiro atoms. The zero-order valence-electron chi connectivity index (χ0n) is 12.2. The van der Waals surface area contributed by atoms with Crippen LogP contribution in [0.3, 0.4) is 0 Å². The van der Waals surface area contributed by atoms with Gasteiger partial charge in [-0.2, -0.15) is 0 Å². The van der Waals surface area contributed by atoms with E-state index in [9.17, 15) is 14.4 Å². The number of benzene rings is 1. The lowest BCUT2D eigenvalue weighted by molar-refractivity contribution is -0.132. The lowest BCUT2D eigenvalue weighted by Crippen LogP contribution is -2.39. The second-order valence-corrected chi connectivity index (χ2v) is 6.08. The van der Waals surface area contributed by atoms with Gasteiger partial charge in [-0.05, 0) is 37.5 Å². The first-order chi connectivity index (χ1) is 10.6. The second-order valence-electron chi connectivity index (χ2n) is 5.64. The summed E-state index contributed by atoms with van der Waals surface area (Å²) in [7, 11) is 0. The fourth-order valence-corrected chi connectivity index (χ4v) is 3.15. The molecule has 2 aliphatic rings. The van der Waals surface area contributed by atoms with E-state index in [1.165, 1.54) is 6.07 Å². The van der Waals surface area contributed by atoms with Crippen molar-refractivity contribution in [3.63, 3.8) is 0 Å². The van der Waals surface area contributed by atoms with Gasteiger partial charge in [0.05, 0.1) is 11.1 Å². The molecule has 116 valence electrons. The predicted molar refractivity (Wildman–Crippen MR) is 81.9 cm³/mol. The van der Waals surface area contributed by atoms with Crippen molar-refractivity contribution in [3.8, 4) is 0 Å². The van der Waals surface area contributed by atoms with Crippen molar-refractivity contribution in [2.24, 2.45) is 0 Å². The van der Waals surface area contributed by atoms with Crippen molar-refractivity contribution in [1.29, 1.82) is 0 Å². The van der Waals surface area contributed by atoms with Crippen LogP contribution in [0.2, 0.25) is 5.02 Å². The zero-order valence-corrected chi connectivity index (χ0v) is 12.9. The molecule has 0 radical (unpaired) electrons. The zero-order chi connectivity index (χ0) is 15.7. The number of piperidine rings is 1. The molecule has 2 aliphatic heterocycles. The molecule has 0 aromatic heterocycles. The normalized spacial score (nSPS) is 17.9. The molecule has 1 aromatic carbocycles. The van der Waals surface area contributed by atoms with Gasteiger partial charge >= 0.3 is 0 Å². The van der Waals surface area contributed by atoms with Crippen LogP contribution in [-0.2, 0) is 4.79 Å². The lowest BCUT2D eigenvalue weighted by atomic mass is 10.1. The summed E-state index contributed by atoms with van der Waals surface area (Å²) in [6.07, 6.45) is 3.39. The molecule has 1 saturated heterocycles. The molecular formula is C16H17ClN2O3. The number of halogens is 1. The van der Waals surface area contributed by atoms with E-state index in [1.807, 2.05) is 4.90 Å². The van der Waals surface area contributed by atoms with Gasteiger partial charge in [0.15, 0.2) is 0 Å². The third kappa shape index (κ3) is 2.73. The molecule has 1 aromatic rings. The molecule has 0 bridgehead atoms. The monoisotopic (exact) mass is 320 g/mol. The highest BCUT2D eigenvalue weighted by molar-refractivity contribution is 6.32. The summed E-state index contributed by atoms with van der Waals surface area (Å²) in [5.41, 5.74) is 0.683. The molecule has 5 nitrogen and oxygen atoms in total. The first-order valence-electron chi connectivity index (χ1n) is 7.51. The van der Waals surface area contributed by atoms with E-state index in [0.717, 1.165) is 37.3 Å². The molecule has 0 saturated carbocycles. The van der Waals surface area contributed by atoms with Crippen molar-refractivity contribution in [2.75, 3.05) is 19.6 Å². The molecule has 22 heavy (non-hydrogen) atoms. The van der Waals surface area contributed by atoms with E-state index in [1.54, 1.807) is 12.1 Å². The molecule has 0 N–H and O–H groups in total. The Morgan fingerprint density at radius 3 is 2.45 bits per heavy atom. The van der Waals surface area contributed by atoms with Crippen LogP contribution in [0, 0.1) is 0 Å². The van der Waals surface area contributed by atoms with Gasteiger partial charge in [0.25, 0.3) is 11.8 Å². The summed E-state index contributed by atoms with van der Waals surface area (Å²) in [5, 5.41) is 0.422. The Morgan fingerprint density at radius 1 is 1.05 bits per heavy atom. The van der Waals surface area contributed by atoms with E-state index in [-0.39, 0.29) is 30.7 Å². The summed E-state index contributed by atoms with van der Waals surface area (Å²) in [6.45, 7) is 1.67. The molecule has 3 rings (SSSR count). The number of imide groups is 1. The van der Waals surface area contributed by atoms with Gasteiger partial charge in [-0.3, -0.25) is 19.3 Å². The van der Waals surface area contributed by atoms with Crippen molar-refractivity contribution >= 4 is 29.3 Å². The number of carbonyl (C=O) groups excluding carboxylic acids is 3. The number of hydrogen-bond donors (Lipinski definition) is 0. The molecule has 0 aliphatic carbocycles. The van der Waals surface area contributed by atoms with Crippen LogP contribution >= 0.6 is 11.6 Å². The Kier molecular flexibility index (Phi) is 4.16. The van der Waals surface area contributed by atoms with Gasteiger partial charge in [-0.25, -0.2) is 0 Å². The Labute approximate surface area is 133 Å². The SMILES string of the molecule is O=C(CCN1C(=O)c2ccc(Cl)cc2C1=O)N1CCCCC1. The van der Waals surface area contributed by atoms with Gasteiger partial charge in [0.1, 0.15) is 0 Å². The first kappa shape index (κ1) is 15.0. The Bertz CT molecular complexity index is 638. The van der Waals surface area contributed by atoms with Gasteiger partial charge in [-0.15, -0.1) is 0 Å². The molecule has 6 heteroatoms. The standard InChI is InChI=1S/C16H17ClN2O3/c17-11-4-5-12-13(10-11)16(22)19(15(12)21)9-6-14(20)18-7-2-1-3-8-18/h4-5,10H,1-3,6-9H2. The van der Waals surface area contributed by atoms with E-state index >= 15 is 0 Å². The average molecular weight is 321 g/mol.